The molecule has 0 saturated carbocycles. The van der Waals surface area contributed by atoms with E-state index in [1.54, 1.807) is 24.3 Å². The van der Waals surface area contributed by atoms with Gasteiger partial charge in [-0.3, -0.25) is 9.59 Å². The molecule has 0 bridgehead atoms. The molecule has 27 heavy (non-hydrogen) atoms. The number of nitrogens with zero attached hydrogens (tertiary/aromatic N) is 1. The van der Waals surface area contributed by atoms with Crippen LogP contribution in [0.3, 0.4) is 0 Å². The van der Waals surface area contributed by atoms with Gasteiger partial charge in [0, 0.05) is 24.3 Å². The lowest BCUT2D eigenvalue weighted by molar-refractivity contribution is -0.117. The Balaban J connectivity index is 1.49. The van der Waals surface area contributed by atoms with Crippen molar-refractivity contribution < 1.29 is 9.59 Å². The molecular weight excluding hydrogens is 340 g/mol. The van der Waals surface area contributed by atoms with Gasteiger partial charge >= 0.3 is 0 Å². The molecule has 1 heterocycles. The molecule has 6 heteroatoms. The third kappa shape index (κ3) is 5.39. The van der Waals surface area contributed by atoms with Crippen LogP contribution in [0.4, 0.5) is 5.69 Å². The number of carbonyl (C=O) groups excluding carboxylic acids is 2. The van der Waals surface area contributed by atoms with Crippen LogP contribution in [-0.2, 0) is 4.79 Å². The summed E-state index contributed by atoms with van der Waals surface area (Å²) in [5, 5.41) is 5.72. The Hall–Kier alpha value is -2.70. The first-order chi connectivity index (χ1) is 13.1. The van der Waals surface area contributed by atoms with Gasteiger partial charge in [-0.2, -0.15) is 0 Å². The van der Waals surface area contributed by atoms with Crippen molar-refractivity contribution in [3.05, 3.63) is 65.7 Å². The number of hydrogen-bond acceptors (Lipinski definition) is 4. The average molecular weight is 366 g/mol. The van der Waals surface area contributed by atoms with E-state index in [-0.39, 0.29) is 11.8 Å². The highest BCUT2D eigenvalue weighted by Gasteiger charge is 2.16. The van der Waals surface area contributed by atoms with Crippen molar-refractivity contribution >= 4 is 17.5 Å². The molecular formula is C21H26N4O2. The molecule has 1 aliphatic rings. The Kier molecular flexibility index (Phi) is 6.57. The number of benzene rings is 2. The van der Waals surface area contributed by atoms with Gasteiger partial charge < -0.3 is 21.3 Å². The summed E-state index contributed by atoms with van der Waals surface area (Å²) in [7, 11) is 0. The summed E-state index contributed by atoms with van der Waals surface area (Å²) in [5.74, 6) is -0.392. The van der Waals surface area contributed by atoms with E-state index in [4.69, 9.17) is 5.73 Å². The van der Waals surface area contributed by atoms with E-state index in [1.165, 1.54) is 12.8 Å². The first-order valence-electron chi connectivity index (χ1n) is 9.35. The highest BCUT2D eigenvalue weighted by molar-refractivity contribution is 5.97. The number of likely N-dealkylation sites (tertiary alicyclic amines) is 1. The van der Waals surface area contributed by atoms with Crippen molar-refractivity contribution in [2.24, 2.45) is 5.73 Å². The molecule has 1 atom stereocenters. The van der Waals surface area contributed by atoms with Crippen LogP contribution in [0.5, 0.6) is 0 Å². The third-order valence-corrected chi connectivity index (χ3v) is 4.77. The Morgan fingerprint density at radius 1 is 1.00 bits per heavy atom. The predicted molar refractivity (Wildman–Crippen MR) is 106 cm³/mol. The molecule has 3 rings (SSSR count). The first-order valence-corrected chi connectivity index (χ1v) is 9.35. The Morgan fingerprint density at radius 2 is 1.67 bits per heavy atom. The van der Waals surface area contributed by atoms with E-state index >= 15 is 0 Å². The zero-order valence-corrected chi connectivity index (χ0v) is 15.4. The van der Waals surface area contributed by atoms with Crippen LogP contribution < -0.4 is 16.4 Å². The lowest BCUT2D eigenvalue weighted by Gasteiger charge is -2.15. The van der Waals surface area contributed by atoms with Gasteiger partial charge in [-0.05, 0) is 55.8 Å². The SMILES string of the molecule is NC(C(=O)Nc1ccc(C(=O)NCCN2CCCC2)cc1)c1ccccc1. The van der Waals surface area contributed by atoms with Gasteiger partial charge in [-0.1, -0.05) is 30.3 Å². The minimum absolute atomic E-state index is 0.104. The maximum absolute atomic E-state index is 12.3. The minimum atomic E-state index is -0.736. The summed E-state index contributed by atoms with van der Waals surface area (Å²) >= 11 is 0. The maximum Gasteiger partial charge on any atom is 0.251 e. The standard InChI is InChI=1S/C21H26N4O2/c22-19(16-6-2-1-3-7-16)21(27)24-18-10-8-17(9-11-18)20(26)23-12-15-25-13-4-5-14-25/h1-3,6-11,19H,4-5,12-15,22H2,(H,23,26)(H,24,27). The number of nitrogens with one attached hydrogen (secondary N) is 2. The molecule has 1 fully saturated rings. The van der Waals surface area contributed by atoms with E-state index in [2.05, 4.69) is 15.5 Å². The second-order valence-electron chi connectivity index (χ2n) is 6.76. The molecule has 6 nitrogen and oxygen atoms in total. The van der Waals surface area contributed by atoms with Crippen molar-refractivity contribution in [2.75, 3.05) is 31.5 Å². The van der Waals surface area contributed by atoms with Gasteiger partial charge in [0.2, 0.25) is 5.91 Å². The van der Waals surface area contributed by atoms with Crippen molar-refractivity contribution in [3.63, 3.8) is 0 Å². The summed E-state index contributed by atoms with van der Waals surface area (Å²) in [6, 6.07) is 15.3. The quantitative estimate of drug-likeness (QED) is 0.701. The van der Waals surface area contributed by atoms with Crippen LogP contribution in [0.2, 0.25) is 0 Å². The smallest absolute Gasteiger partial charge is 0.251 e. The Labute approximate surface area is 159 Å². The van der Waals surface area contributed by atoms with Gasteiger partial charge in [-0.15, -0.1) is 0 Å². The second-order valence-corrected chi connectivity index (χ2v) is 6.76. The number of amides is 2. The van der Waals surface area contributed by atoms with Crippen LogP contribution in [-0.4, -0.2) is 42.9 Å². The Morgan fingerprint density at radius 3 is 2.33 bits per heavy atom. The number of hydrogen-bond donors (Lipinski definition) is 3. The van der Waals surface area contributed by atoms with E-state index in [0.717, 1.165) is 25.2 Å². The zero-order valence-electron chi connectivity index (χ0n) is 15.4. The molecule has 2 aromatic rings. The van der Waals surface area contributed by atoms with Crippen molar-refractivity contribution in [2.45, 2.75) is 18.9 Å². The fourth-order valence-corrected chi connectivity index (χ4v) is 3.17. The molecule has 1 unspecified atom stereocenters. The molecule has 2 aromatic carbocycles. The van der Waals surface area contributed by atoms with Gasteiger partial charge in [-0.25, -0.2) is 0 Å². The van der Waals surface area contributed by atoms with Crippen LogP contribution in [0, 0.1) is 0 Å². The maximum atomic E-state index is 12.3. The van der Waals surface area contributed by atoms with Crippen LogP contribution in [0.15, 0.2) is 54.6 Å². The zero-order chi connectivity index (χ0) is 19.1. The predicted octanol–water partition coefficient (Wildman–Crippen LogP) is 2.15. The number of rotatable bonds is 7. The van der Waals surface area contributed by atoms with Gasteiger partial charge in [0.25, 0.3) is 5.91 Å². The molecule has 0 aliphatic carbocycles. The summed E-state index contributed by atoms with van der Waals surface area (Å²) in [4.78, 5) is 26.8. The monoisotopic (exact) mass is 366 g/mol. The third-order valence-electron chi connectivity index (χ3n) is 4.77. The molecule has 0 aromatic heterocycles. The molecule has 1 aliphatic heterocycles. The summed E-state index contributed by atoms with van der Waals surface area (Å²) in [6.07, 6.45) is 2.49. The molecule has 0 spiro atoms. The van der Waals surface area contributed by atoms with E-state index in [9.17, 15) is 9.59 Å². The largest absolute Gasteiger partial charge is 0.351 e. The molecule has 2 amide bonds. The second kappa shape index (κ2) is 9.30. The number of carbonyl (C=O) groups is 2. The van der Waals surface area contributed by atoms with Crippen LogP contribution in [0.1, 0.15) is 34.8 Å². The van der Waals surface area contributed by atoms with Gasteiger partial charge in [0.1, 0.15) is 6.04 Å². The van der Waals surface area contributed by atoms with Gasteiger partial charge in [0.05, 0.1) is 0 Å². The lowest BCUT2D eigenvalue weighted by Crippen LogP contribution is -2.33. The van der Waals surface area contributed by atoms with E-state index in [1.807, 2.05) is 30.3 Å². The molecule has 142 valence electrons. The molecule has 4 N–H and O–H groups in total. The normalized spacial score (nSPS) is 15.3. The fraction of sp³-hybridized carbons (Fsp3) is 0.333. The average Bonchev–Trinajstić information content (AvgIpc) is 3.22. The Bertz CT molecular complexity index is 756. The summed E-state index contributed by atoms with van der Waals surface area (Å²) in [6.45, 7) is 3.77. The summed E-state index contributed by atoms with van der Waals surface area (Å²) < 4.78 is 0. The van der Waals surface area contributed by atoms with Crippen LogP contribution >= 0.6 is 0 Å². The highest BCUT2D eigenvalue weighted by Crippen LogP contribution is 2.15. The number of anilines is 1. The summed E-state index contributed by atoms with van der Waals surface area (Å²) in [5.41, 5.74) is 7.93. The molecule has 0 radical (unpaired) electrons. The number of nitrogens with two attached hydrogens (primary N) is 1. The first kappa shape index (κ1) is 19.1. The lowest BCUT2D eigenvalue weighted by atomic mass is 10.1. The van der Waals surface area contributed by atoms with Crippen molar-refractivity contribution in [1.29, 1.82) is 0 Å². The fourth-order valence-electron chi connectivity index (χ4n) is 3.17. The van der Waals surface area contributed by atoms with Gasteiger partial charge in [0.15, 0.2) is 0 Å². The van der Waals surface area contributed by atoms with E-state index < -0.39 is 6.04 Å². The minimum Gasteiger partial charge on any atom is -0.351 e. The highest BCUT2D eigenvalue weighted by atomic mass is 16.2. The van der Waals surface area contributed by atoms with Crippen LogP contribution in [0.25, 0.3) is 0 Å². The topological polar surface area (TPSA) is 87.5 Å². The van der Waals surface area contributed by atoms with Crippen molar-refractivity contribution in [1.82, 2.24) is 10.2 Å². The molecule has 1 saturated heterocycles. The van der Waals surface area contributed by atoms with Crippen molar-refractivity contribution in [3.8, 4) is 0 Å². The van der Waals surface area contributed by atoms with E-state index in [0.29, 0.717) is 17.8 Å².